The standard InChI is InChI=1S/C21H22STe/c1-18(2)22-23(19-12-6-3-7-13-19,20-14-8-4-9-15-20)21-16-10-5-11-17-21/h3-18H,1-2H3. The van der Waals surface area contributed by atoms with E-state index < -0.39 is 16.8 Å². The molecule has 0 nitrogen and oxygen atoms in total. The number of hydrogen-bond donors (Lipinski definition) is 0. The summed E-state index contributed by atoms with van der Waals surface area (Å²) in [6, 6.07) is 33.4. The molecule has 0 aliphatic heterocycles. The van der Waals surface area contributed by atoms with Crippen LogP contribution in [0.15, 0.2) is 91.0 Å². The summed E-state index contributed by atoms with van der Waals surface area (Å²) >= 11 is -2.76. The molecule has 0 saturated carbocycles. The molecule has 0 unspecified atom stereocenters. The Kier molecular flexibility index (Phi) is 5.49. The molecular formula is C21H22STe. The maximum absolute atomic E-state index is 2.76. The van der Waals surface area contributed by atoms with E-state index in [0.717, 1.165) is 0 Å². The number of hydrogen-bond acceptors (Lipinski definition) is 1. The van der Waals surface area contributed by atoms with E-state index >= 15 is 0 Å². The SMILES string of the molecule is CC(C)S[Te](c1ccccc1)(c1ccccc1)c1ccccc1. The molecular weight excluding hydrogens is 412 g/mol. The molecule has 2 heteroatoms. The molecule has 0 bridgehead atoms. The first-order valence-electron chi connectivity index (χ1n) is 7.90. The molecule has 3 rings (SSSR count). The van der Waals surface area contributed by atoms with Gasteiger partial charge in [-0.05, 0) is 0 Å². The summed E-state index contributed by atoms with van der Waals surface area (Å²) in [5.41, 5.74) is 0. The topological polar surface area (TPSA) is 0 Å². The molecule has 0 aromatic heterocycles. The second kappa shape index (κ2) is 7.58. The summed E-state index contributed by atoms with van der Waals surface area (Å²) in [5, 5.41) is 0.594. The molecule has 3 aromatic carbocycles. The van der Waals surface area contributed by atoms with Gasteiger partial charge in [0.1, 0.15) is 0 Å². The third-order valence-corrected chi connectivity index (χ3v) is 21.9. The molecule has 0 fully saturated rings. The average molecular weight is 434 g/mol. The number of benzene rings is 3. The maximum atomic E-state index is 2.33. The van der Waals surface area contributed by atoms with Gasteiger partial charge in [0.15, 0.2) is 0 Å². The van der Waals surface area contributed by atoms with Gasteiger partial charge in [0.05, 0.1) is 0 Å². The Labute approximate surface area is 146 Å². The van der Waals surface area contributed by atoms with Gasteiger partial charge in [-0.3, -0.25) is 0 Å². The van der Waals surface area contributed by atoms with Crippen molar-refractivity contribution >= 4 is 36.6 Å². The van der Waals surface area contributed by atoms with Crippen LogP contribution >= 0.6 is 8.99 Å². The molecule has 0 atom stereocenters. The average Bonchev–Trinajstić information content (AvgIpc) is 2.62. The molecule has 0 saturated heterocycles. The summed E-state index contributed by atoms with van der Waals surface area (Å²) in [6.07, 6.45) is 0. The monoisotopic (exact) mass is 436 g/mol. The van der Waals surface area contributed by atoms with Gasteiger partial charge in [-0.2, -0.15) is 0 Å². The molecule has 3 aromatic rings. The first-order chi connectivity index (χ1) is 11.2. The fourth-order valence-electron chi connectivity index (χ4n) is 2.70. The second-order valence-corrected chi connectivity index (χ2v) is 19.0. The summed E-state index contributed by atoms with van der Waals surface area (Å²) in [7, 11) is 2.20. The molecule has 0 N–H and O–H groups in total. The van der Waals surface area contributed by atoms with Gasteiger partial charge < -0.3 is 0 Å². The van der Waals surface area contributed by atoms with Crippen molar-refractivity contribution in [3.63, 3.8) is 0 Å². The van der Waals surface area contributed by atoms with E-state index in [1.54, 1.807) is 0 Å². The Bertz CT molecular complexity index is 627. The van der Waals surface area contributed by atoms with Crippen molar-refractivity contribution < 1.29 is 0 Å². The summed E-state index contributed by atoms with van der Waals surface area (Å²) in [6.45, 7) is 4.64. The van der Waals surface area contributed by atoms with E-state index in [1.807, 2.05) is 0 Å². The van der Waals surface area contributed by atoms with E-state index in [2.05, 4.69) is 114 Å². The predicted octanol–water partition coefficient (Wildman–Crippen LogP) is 3.80. The Hall–Kier alpha value is -1.20. The van der Waals surface area contributed by atoms with Crippen LogP contribution in [0.2, 0.25) is 0 Å². The third kappa shape index (κ3) is 3.50. The molecule has 0 aliphatic carbocycles. The second-order valence-electron chi connectivity index (χ2n) is 5.64. The van der Waals surface area contributed by atoms with Crippen molar-refractivity contribution in [3.8, 4) is 0 Å². The minimum absolute atomic E-state index is 0.594. The fraction of sp³-hybridized carbons (Fsp3) is 0.143. The van der Waals surface area contributed by atoms with Gasteiger partial charge in [-0.25, -0.2) is 0 Å². The van der Waals surface area contributed by atoms with Gasteiger partial charge >= 0.3 is 147 Å². The first-order valence-corrected chi connectivity index (χ1v) is 15.1. The molecule has 0 amide bonds. The van der Waals surface area contributed by atoms with E-state index in [1.165, 1.54) is 10.8 Å². The van der Waals surface area contributed by atoms with Crippen LogP contribution in [0.5, 0.6) is 0 Å². The van der Waals surface area contributed by atoms with Crippen LogP contribution in [0.1, 0.15) is 13.8 Å². The molecule has 0 heterocycles. The van der Waals surface area contributed by atoms with Gasteiger partial charge in [-0.1, -0.05) is 0 Å². The Balaban J connectivity index is 2.30. The summed E-state index contributed by atoms with van der Waals surface area (Å²) in [4.78, 5) is 0. The van der Waals surface area contributed by atoms with Crippen LogP contribution in [0, 0.1) is 0 Å². The van der Waals surface area contributed by atoms with E-state index in [4.69, 9.17) is 0 Å². The predicted molar refractivity (Wildman–Crippen MR) is 107 cm³/mol. The van der Waals surface area contributed by atoms with E-state index in [0.29, 0.717) is 5.25 Å². The summed E-state index contributed by atoms with van der Waals surface area (Å²) in [5.74, 6) is 0. The van der Waals surface area contributed by atoms with Crippen molar-refractivity contribution in [1.29, 1.82) is 0 Å². The Morgan fingerprint density at radius 2 is 0.870 bits per heavy atom. The van der Waals surface area contributed by atoms with Gasteiger partial charge in [-0.15, -0.1) is 0 Å². The van der Waals surface area contributed by atoms with Gasteiger partial charge in [0, 0.05) is 0 Å². The van der Waals surface area contributed by atoms with E-state index in [9.17, 15) is 0 Å². The molecule has 0 aliphatic rings. The number of rotatable bonds is 5. The van der Waals surface area contributed by atoms with Crippen LogP contribution in [0.25, 0.3) is 0 Å². The fourth-order valence-corrected chi connectivity index (χ4v) is 20.6. The van der Waals surface area contributed by atoms with Crippen LogP contribution in [0.3, 0.4) is 0 Å². The van der Waals surface area contributed by atoms with E-state index in [-0.39, 0.29) is 0 Å². The zero-order chi connectivity index (χ0) is 16.1. The summed E-state index contributed by atoms with van der Waals surface area (Å²) < 4.78 is 4.56. The molecule has 23 heavy (non-hydrogen) atoms. The molecule has 0 radical (unpaired) electrons. The van der Waals surface area contributed by atoms with Crippen molar-refractivity contribution in [2.75, 3.05) is 0 Å². The Morgan fingerprint density at radius 1 is 0.565 bits per heavy atom. The zero-order valence-electron chi connectivity index (χ0n) is 13.6. The van der Waals surface area contributed by atoms with Gasteiger partial charge in [0.25, 0.3) is 0 Å². The van der Waals surface area contributed by atoms with Crippen molar-refractivity contribution in [1.82, 2.24) is 0 Å². The van der Waals surface area contributed by atoms with Crippen LogP contribution in [0.4, 0.5) is 0 Å². The minimum atomic E-state index is -2.76. The Morgan fingerprint density at radius 3 is 1.13 bits per heavy atom. The molecule has 0 spiro atoms. The van der Waals surface area contributed by atoms with Crippen molar-refractivity contribution in [3.05, 3.63) is 91.0 Å². The van der Waals surface area contributed by atoms with Crippen LogP contribution in [-0.4, -0.2) is 22.1 Å². The van der Waals surface area contributed by atoms with Crippen molar-refractivity contribution in [2.24, 2.45) is 0 Å². The van der Waals surface area contributed by atoms with Gasteiger partial charge in [0.2, 0.25) is 0 Å². The quantitative estimate of drug-likeness (QED) is 0.551. The molecule has 118 valence electrons. The van der Waals surface area contributed by atoms with Crippen LogP contribution < -0.4 is 10.8 Å². The third-order valence-electron chi connectivity index (χ3n) is 3.56. The first kappa shape index (κ1) is 16.7. The normalized spacial score (nSPS) is 12.3. The van der Waals surface area contributed by atoms with Crippen LogP contribution in [-0.2, 0) is 0 Å². The zero-order valence-corrected chi connectivity index (χ0v) is 16.7. The van der Waals surface area contributed by atoms with Crippen molar-refractivity contribution in [2.45, 2.75) is 19.1 Å².